The number of phenolic OH excluding ortho intramolecular Hbond substituents is 1. The second-order valence-corrected chi connectivity index (χ2v) is 11.9. The number of nitrogens with two attached hydrogens (primary N) is 1. The molecule has 0 heterocycles. The van der Waals surface area contributed by atoms with Gasteiger partial charge in [-0.05, 0) is 62.5 Å². The molecule has 2 aromatic carbocycles. The summed E-state index contributed by atoms with van der Waals surface area (Å²) >= 11 is 0. The van der Waals surface area contributed by atoms with Crippen molar-refractivity contribution in [2.24, 2.45) is 17.6 Å². The first-order chi connectivity index (χ1) is 21.1. The van der Waals surface area contributed by atoms with Gasteiger partial charge in [0.05, 0.1) is 17.2 Å². The molecule has 5 rings (SSSR count). The second kappa shape index (κ2) is 11.3. The number of aliphatic hydroxyl groups excluding tert-OH is 2. The van der Waals surface area contributed by atoms with Crippen LogP contribution in [0.15, 0.2) is 53.3 Å². The molecule has 1 fully saturated rings. The molecule has 45 heavy (non-hydrogen) atoms. The van der Waals surface area contributed by atoms with Gasteiger partial charge < -0.3 is 31.1 Å². The Labute approximate surface area is 257 Å². The maximum atomic E-state index is 14.8. The van der Waals surface area contributed by atoms with Gasteiger partial charge in [0.1, 0.15) is 22.8 Å². The SMILES string of the molecule is CO[C@]12C(=O)C3=C(O)c4c(O)cc(CNC(C)c5ccccc5)c(C(F)(F)F)c4C[C@H]3C[C@H]1[C@H](N(C)C)C(=O)C(C(N)=O)=C2O. The number of ketones is 2. The number of nitrogens with one attached hydrogen (secondary N) is 1. The van der Waals surface area contributed by atoms with Gasteiger partial charge in [0.25, 0.3) is 5.91 Å². The zero-order valence-electron chi connectivity index (χ0n) is 25.0. The number of carbonyl (C=O) groups excluding carboxylic acids is 3. The van der Waals surface area contributed by atoms with Gasteiger partial charge in [0, 0.05) is 31.2 Å². The first kappa shape index (κ1) is 32.2. The van der Waals surface area contributed by atoms with Crippen molar-refractivity contribution in [3.05, 3.63) is 81.1 Å². The molecule has 13 heteroatoms. The van der Waals surface area contributed by atoms with Crippen molar-refractivity contribution in [1.29, 1.82) is 0 Å². The van der Waals surface area contributed by atoms with Gasteiger partial charge >= 0.3 is 6.18 Å². The number of aromatic hydroxyl groups is 1. The van der Waals surface area contributed by atoms with Gasteiger partial charge in [-0.25, -0.2) is 0 Å². The summed E-state index contributed by atoms with van der Waals surface area (Å²) in [5.74, 6) is -8.00. The lowest BCUT2D eigenvalue weighted by atomic mass is 9.57. The summed E-state index contributed by atoms with van der Waals surface area (Å²) < 4.78 is 49.9. The highest BCUT2D eigenvalue weighted by molar-refractivity contribution is 6.24. The summed E-state index contributed by atoms with van der Waals surface area (Å²) in [5, 5.41) is 36.7. The molecule has 0 aliphatic heterocycles. The van der Waals surface area contributed by atoms with E-state index in [1.807, 2.05) is 18.2 Å². The standard InChI is InChI=1S/C32H34F3N3O7/c1-14(15-8-6-5-7-9-15)37-13-17-12-20(39)22-18(24(17)32(33,34)35)10-16-11-19-25(38(2)3)27(41)23(30(36)44)29(43)31(19,45-4)28(42)21(16)26(22)40/h5-9,12,14,16,19,25,37,39-40,43H,10-11,13H2,1-4H3,(H2,36,44)/t14?,16-,19-,25-,31-/m0/s1. The average Bonchev–Trinajstić information content (AvgIpc) is 2.95. The Morgan fingerprint density at radius 1 is 1.18 bits per heavy atom. The predicted molar refractivity (Wildman–Crippen MR) is 156 cm³/mol. The molecule has 0 saturated heterocycles. The monoisotopic (exact) mass is 629 g/mol. The molecule has 6 N–H and O–H groups in total. The molecule has 2 aromatic rings. The Balaban J connectivity index is 1.67. The van der Waals surface area contributed by atoms with Crippen LogP contribution >= 0.6 is 0 Å². The Hall–Kier alpha value is -4.20. The number of rotatable bonds is 7. The van der Waals surface area contributed by atoms with Crippen molar-refractivity contribution in [3.63, 3.8) is 0 Å². The summed E-state index contributed by atoms with van der Waals surface area (Å²) in [6.07, 6.45) is -5.50. The van der Waals surface area contributed by atoms with E-state index in [1.54, 1.807) is 19.1 Å². The van der Waals surface area contributed by atoms with Crippen molar-refractivity contribution in [1.82, 2.24) is 10.2 Å². The van der Waals surface area contributed by atoms with Crippen LogP contribution in [0.25, 0.3) is 5.76 Å². The minimum atomic E-state index is -4.90. The maximum absolute atomic E-state index is 14.8. The normalized spacial score (nSPS) is 25.6. The van der Waals surface area contributed by atoms with E-state index >= 15 is 0 Å². The van der Waals surface area contributed by atoms with Gasteiger partial charge in [0.15, 0.2) is 11.4 Å². The summed E-state index contributed by atoms with van der Waals surface area (Å²) in [5.41, 5.74) is 0.450. The lowest BCUT2D eigenvalue weighted by Gasteiger charge is -2.52. The number of likely N-dealkylation sites (N-methyl/N-ethyl adjacent to an activating group) is 1. The number of halogens is 3. The molecular formula is C32H34F3N3O7. The molecule has 1 unspecified atom stereocenters. The fourth-order valence-electron chi connectivity index (χ4n) is 7.32. The number of aliphatic hydroxyl groups is 2. The molecule has 0 radical (unpaired) electrons. The number of ether oxygens (including phenoxy) is 1. The smallest absolute Gasteiger partial charge is 0.417 e. The molecule has 0 bridgehead atoms. The second-order valence-electron chi connectivity index (χ2n) is 11.9. The van der Waals surface area contributed by atoms with Crippen LogP contribution in [0.1, 0.15) is 47.2 Å². The zero-order chi connectivity index (χ0) is 33.2. The number of hydrogen-bond donors (Lipinski definition) is 5. The molecule has 3 aliphatic carbocycles. The summed E-state index contributed by atoms with van der Waals surface area (Å²) in [7, 11) is 4.08. The molecule has 1 saturated carbocycles. The number of hydrogen-bond acceptors (Lipinski definition) is 9. The minimum absolute atomic E-state index is 0.186. The Morgan fingerprint density at radius 2 is 1.82 bits per heavy atom. The van der Waals surface area contributed by atoms with E-state index in [0.717, 1.165) is 18.7 Å². The molecule has 1 amide bonds. The van der Waals surface area contributed by atoms with Gasteiger partial charge in [0.2, 0.25) is 5.78 Å². The van der Waals surface area contributed by atoms with Crippen LogP contribution in [0.2, 0.25) is 0 Å². The fourth-order valence-corrected chi connectivity index (χ4v) is 7.32. The molecule has 0 spiro atoms. The van der Waals surface area contributed by atoms with Crippen molar-refractivity contribution in [3.8, 4) is 5.75 Å². The van der Waals surface area contributed by atoms with Crippen LogP contribution in [0.4, 0.5) is 13.2 Å². The summed E-state index contributed by atoms with van der Waals surface area (Å²) in [6.45, 7) is 1.52. The number of primary amides is 1. The van der Waals surface area contributed by atoms with Crippen LogP contribution in [0.5, 0.6) is 5.75 Å². The number of Topliss-reactive ketones (excluding diaryl/α,β-unsaturated/α-hetero) is 2. The van der Waals surface area contributed by atoms with E-state index in [1.165, 1.54) is 19.0 Å². The molecule has 0 aromatic heterocycles. The number of nitrogens with zero attached hydrogens (tertiary/aromatic N) is 1. The molecule has 5 atom stereocenters. The third-order valence-corrected chi connectivity index (χ3v) is 9.28. The lowest BCUT2D eigenvalue weighted by molar-refractivity contribution is -0.159. The number of alkyl halides is 3. The van der Waals surface area contributed by atoms with Gasteiger partial charge in [-0.1, -0.05) is 30.3 Å². The van der Waals surface area contributed by atoms with Crippen LogP contribution in [0.3, 0.4) is 0 Å². The third kappa shape index (κ3) is 4.89. The van der Waals surface area contributed by atoms with Crippen LogP contribution in [-0.4, -0.2) is 70.5 Å². The number of amides is 1. The van der Waals surface area contributed by atoms with Crippen LogP contribution < -0.4 is 11.1 Å². The van der Waals surface area contributed by atoms with E-state index in [-0.39, 0.29) is 30.1 Å². The number of phenols is 1. The van der Waals surface area contributed by atoms with Gasteiger partial charge in [-0.15, -0.1) is 0 Å². The Kier molecular flexibility index (Phi) is 8.09. The number of carbonyl (C=O) groups is 3. The number of benzene rings is 2. The number of fused-ring (bicyclic) bond motifs is 3. The quantitative estimate of drug-likeness (QED) is 0.289. The van der Waals surface area contributed by atoms with Crippen LogP contribution in [-0.2, 0) is 38.3 Å². The van der Waals surface area contributed by atoms with E-state index in [0.29, 0.717) is 0 Å². The lowest BCUT2D eigenvalue weighted by Crippen LogP contribution is -2.66. The molecule has 240 valence electrons. The van der Waals surface area contributed by atoms with Gasteiger partial charge in [-0.3, -0.25) is 19.3 Å². The molecule has 3 aliphatic rings. The van der Waals surface area contributed by atoms with Crippen molar-refractivity contribution in [2.45, 2.75) is 50.2 Å². The molecular weight excluding hydrogens is 595 g/mol. The third-order valence-electron chi connectivity index (χ3n) is 9.28. The summed E-state index contributed by atoms with van der Waals surface area (Å²) in [4.78, 5) is 41.3. The number of methoxy groups -OCH3 is 1. The summed E-state index contributed by atoms with van der Waals surface area (Å²) in [6, 6.07) is 8.45. The first-order valence-electron chi connectivity index (χ1n) is 14.3. The minimum Gasteiger partial charge on any atom is -0.508 e. The largest absolute Gasteiger partial charge is 0.508 e. The predicted octanol–water partition coefficient (Wildman–Crippen LogP) is 3.49. The highest BCUT2D eigenvalue weighted by atomic mass is 19.4. The molecule has 10 nitrogen and oxygen atoms in total. The van der Waals surface area contributed by atoms with E-state index in [4.69, 9.17) is 10.5 Å². The zero-order valence-corrected chi connectivity index (χ0v) is 25.0. The fraction of sp³-hybridized carbons (Fsp3) is 0.406. The average molecular weight is 630 g/mol. The van der Waals surface area contributed by atoms with Crippen molar-refractivity contribution >= 4 is 23.2 Å². The Morgan fingerprint density at radius 3 is 2.38 bits per heavy atom. The van der Waals surface area contributed by atoms with E-state index in [9.17, 15) is 42.9 Å². The van der Waals surface area contributed by atoms with Crippen molar-refractivity contribution < 1.29 is 47.6 Å². The Bertz CT molecular complexity index is 1650. The van der Waals surface area contributed by atoms with E-state index in [2.05, 4.69) is 5.32 Å². The maximum Gasteiger partial charge on any atom is 0.417 e. The van der Waals surface area contributed by atoms with E-state index < -0.39 is 93.1 Å². The highest BCUT2D eigenvalue weighted by Gasteiger charge is 2.65. The topological polar surface area (TPSA) is 162 Å². The van der Waals surface area contributed by atoms with Crippen LogP contribution in [0, 0.1) is 11.8 Å². The van der Waals surface area contributed by atoms with Gasteiger partial charge in [-0.2, -0.15) is 13.2 Å². The highest BCUT2D eigenvalue weighted by Crippen LogP contribution is 2.55. The first-order valence-corrected chi connectivity index (χ1v) is 14.3. The van der Waals surface area contributed by atoms with Crippen molar-refractivity contribution in [2.75, 3.05) is 21.2 Å².